The van der Waals surface area contributed by atoms with Crippen LogP contribution in [0.5, 0.6) is 0 Å². The van der Waals surface area contributed by atoms with Crippen molar-refractivity contribution < 1.29 is 23.5 Å². The monoisotopic (exact) mass is 270 g/mol. The third-order valence-electron chi connectivity index (χ3n) is 2.93. The topological polar surface area (TPSA) is 69.6 Å². The molecule has 0 bridgehead atoms. The van der Waals surface area contributed by atoms with Gasteiger partial charge in [-0.05, 0) is 18.9 Å². The first-order valence-electron chi connectivity index (χ1n) is 5.77. The van der Waals surface area contributed by atoms with Crippen LogP contribution in [0.3, 0.4) is 0 Å². The van der Waals surface area contributed by atoms with E-state index in [0.29, 0.717) is 25.2 Å². The molecule has 0 saturated carbocycles. The first-order valence-corrected chi connectivity index (χ1v) is 5.77. The van der Waals surface area contributed by atoms with Crippen molar-refractivity contribution in [1.29, 1.82) is 0 Å². The van der Waals surface area contributed by atoms with Crippen molar-refractivity contribution in [2.24, 2.45) is 0 Å². The van der Waals surface area contributed by atoms with E-state index in [1.54, 1.807) is 0 Å². The van der Waals surface area contributed by atoms with Gasteiger partial charge in [-0.3, -0.25) is 0 Å². The van der Waals surface area contributed by atoms with E-state index >= 15 is 0 Å². The molecule has 0 aromatic heterocycles. The fourth-order valence-corrected chi connectivity index (χ4v) is 1.94. The average Bonchev–Trinajstić information content (AvgIpc) is 2.86. The second-order valence-electron chi connectivity index (χ2n) is 4.24. The van der Waals surface area contributed by atoms with Crippen LogP contribution in [-0.4, -0.2) is 35.1 Å². The molecule has 7 heteroatoms. The van der Waals surface area contributed by atoms with E-state index in [2.05, 4.69) is 5.32 Å². The molecule has 0 radical (unpaired) electrons. The van der Waals surface area contributed by atoms with Crippen molar-refractivity contribution in [3.63, 3.8) is 0 Å². The van der Waals surface area contributed by atoms with E-state index in [1.807, 2.05) is 0 Å². The number of benzene rings is 1. The van der Waals surface area contributed by atoms with Crippen molar-refractivity contribution in [3.05, 3.63) is 29.3 Å². The van der Waals surface area contributed by atoms with E-state index in [0.717, 1.165) is 12.8 Å². The summed E-state index contributed by atoms with van der Waals surface area (Å²) in [4.78, 5) is 24.2. The number of hydrogen-bond donors (Lipinski definition) is 2. The van der Waals surface area contributed by atoms with Crippen LogP contribution >= 0.6 is 0 Å². The quantitative estimate of drug-likeness (QED) is 0.866. The molecule has 1 saturated heterocycles. The zero-order valence-corrected chi connectivity index (χ0v) is 9.95. The molecule has 2 rings (SSSR count). The van der Waals surface area contributed by atoms with Crippen molar-refractivity contribution >= 4 is 17.7 Å². The zero-order valence-electron chi connectivity index (χ0n) is 9.95. The van der Waals surface area contributed by atoms with Crippen molar-refractivity contribution in [2.45, 2.75) is 12.8 Å². The average molecular weight is 270 g/mol. The Kier molecular flexibility index (Phi) is 3.64. The van der Waals surface area contributed by atoms with Gasteiger partial charge in [-0.2, -0.15) is 0 Å². The molecule has 2 amide bonds. The summed E-state index contributed by atoms with van der Waals surface area (Å²) in [6, 6.07) is 0.718. The van der Waals surface area contributed by atoms with Crippen LogP contribution in [0.1, 0.15) is 23.2 Å². The van der Waals surface area contributed by atoms with Gasteiger partial charge in [0.15, 0.2) is 11.6 Å². The lowest BCUT2D eigenvalue weighted by Crippen LogP contribution is -2.32. The lowest BCUT2D eigenvalue weighted by atomic mass is 10.1. The second kappa shape index (κ2) is 5.21. The van der Waals surface area contributed by atoms with Crippen LogP contribution in [0.15, 0.2) is 12.1 Å². The Morgan fingerprint density at radius 2 is 1.74 bits per heavy atom. The van der Waals surface area contributed by atoms with Gasteiger partial charge >= 0.3 is 12.0 Å². The predicted octanol–water partition coefficient (Wildman–Crippen LogP) is 2.29. The number of urea groups is 1. The van der Waals surface area contributed by atoms with Crippen molar-refractivity contribution in [1.82, 2.24) is 4.90 Å². The van der Waals surface area contributed by atoms with Gasteiger partial charge in [0, 0.05) is 19.2 Å². The number of amides is 2. The molecule has 1 aromatic rings. The highest BCUT2D eigenvalue weighted by molar-refractivity contribution is 6.00. The molecule has 1 fully saturated rings. The highest BCUT2D eigenvalue weighted by Gasteiger charge is 2.21. The summed E-state index contributed by atoms with van der Waals surface area (Å²) in [6.07, 6.45) is 1.74. The zero-order chi connectivity index (χ0) is 14.0. The summed E-state index contributed by atoms with van der Waals surface area (Å²) in [6.45, 7) is 1.13. The summed E-state index contributed by atoms with van der Waals surface area (Å²) in [5.41, 5.74) is -0.727. The fraction of sp³-hybridized carbons (Fsp3) is 0.333. The minimum atomic E-state index is -1.43. The number of rotatable bonds is 2. The number of likely N-dealkylation sites (tertiary alicyclic amines) is 1. The summed E-state index contributed by atoms with van der Waals surface area (Å²) >= 11 is 0. The molecule has 5 nitrogen and oxygen atoms in total. The maximum Gasteiger partial charge on any atom is 0.337 e. The van der Waals surface area contributed by atoms with Crippen molar-refractivity contribution in [3.8, 4) is 0 Å². The number of aromatic carboxylic acids is 1. The van der Waals surface area contributed by atoms with Crippen LogP contribution in [0, 0.1) is 11.6 Å². The number of anilines is 1. The molecule has 2 N–H and O–H groups in total. The largest absolute Gasteiger partial charge is 0.478 e. The van der Waals surface area contributed by atoms with Crippen LogP contribution in [0.2, 0.25) is 0 Å². The molecule has 0 atom stereocenters. The van der Waals surface area contributed by atoms with E-state index in [4.69, 9.17) is 5.11 Å². The first kappa shape index (κ1) is 13.3. The molecule has 0 unspecified atom stereocenters. The van der Waals surface area contributed by atoms with Gasteiger partial charge in [0.2, 0.25) is 0 Å². The normalized spacial score (nSPS) is 14.5. The fourth-order valence-electron chi connectivity index (χ4n) is 1.94. The number of hydrogen-bond acceptors (Lipinski definition) is 2. The number of carboxylic acid groups (broad SMARTS) is 1. The lowest BCUT2D eigenvalue weighted by Gasteiger charge is -2.17. The molecule has 102 valence electrons. The van der Waals surface area contributed by atoms with Gasteiger partial charge in [-0.25, -0.2) is 18.4 Å². The molecule has 1 heterocycles. The molecule has 0 aliphatic carbocycles. The van der Waals surface area contributed by atoms with Crippen molar-refractivity contribution in [2.75, 3.05) is 18.4 Å². The molecular formula is C12H12F2N2O3. The molecule has 1 aromatic carbocycles. The lowest BCUT2D eigenvalue weighted by molar-refractivity contribution is 0.0697. The number of nitrogens with one attached hydrogen (secondary N) is 1. The minimum Gasteiger partial charge on any atom is -0.478 e. The Hall–Kier alpha value is -2.18. The number of carbonyl (C=O) groups is 2. The van der Waals surface area contributed by atoms with E-state index in [9.17, 15) is 18.4 Å². The van der Waals surface area contributed by atoms with Crippen LogP contribution in [-0.2, 0) is 0 Å². The maximum atomic E-state index is 13.1. The Labute approximate surface area is 107 Å². The molecule has 19 heavy (non-hydrogen) atoms. The summed E-state index contributed by atoms with van der Waals surface area (Å²) in [7, 11) is 0. The number of carbonyl (C=O) groups excluding carboxylic acids is 1. The van der Waals surface area contributed by atoms with Gasteiger partial charge in [-0.15, -0.1) is 0 Å². The van der Waals surface area contributed by atoms with Gasteiger partial charge in [0.1, 0.15) is 0 Å². The molecule has 1 aliphatic heterocycles. The van der Waals surface area contributed by atoms with Gasteiger partial charge in [0.25, 0.3) is 0 Å². The van der Waals surface area contributed by atoms with E-state index in [1.165, 1.54) is 4.90 Å². The van der Waals surface area contributed by atoms with Gasteiger partial charge in [0.05, 0.1) is 11.3 Å². The van der Waals surface area contributed by atoms with E-state index in [-0.39, 0.29) is 5.69 Å². The molecule has 0 spiro atoms. The number of halogens is 2. The number of carboxylic acids is 1. The Balaban J connectivity index is 2.25. The second-order valence-corrected chi connectivity index (χ2v) is 4.24. The summed E-state index contributed by atoms with van der Waals surface area (Å²) < 4.78 is 26.1. The Morgan fingerprint density at radius 3 is 2.32 bits per heavy atom. The van der Waals surface area contributed by atoms with Gasteiger partial charge < -0.3 is 15.3 Å². The molecular weight excluding hydrogens is 258 g/mol. The molecule has 1 aliphatic rings. The third kappa shape index (κ3) is 2.81. The predicted molar refractivity (Wildman–Crippen MR) is 63.1 cm³/mol. The number of nitrogens with zero attached hydrogens (tertiary/aromatic N) is 1. The Morgan fingerprint density at radius 1 is 1.16 bits per heavy atom. The highest BCUT2D eigenvalue weighted by Crippen LogP contribution is 2.21. The van der Waals surface area contributed by atoms with Crippen LogP contribution in [0.25, 0.3) is 0 Å². The summed E-state index contributed by atoms with van der Waals surface area (Å²) in [5.74, 6) is -3.91. The first-order chi connectivity index (χ1) is 8.99. The summed E-state index contributed by atoms with van der Waals surface area (Å²) in [5, 5.41) is 11.2. The van der Waals surface area contributed by atoms with Crippen LogP contribution < -0.4 is 5.32 Å². The van der Waals surface area contributed by atoms with Gasteiger partial charge in [-0.1, -0.05) is 0 Å². The third-order valence-corrected chi connectivity index (χ3v) is 2.93. The smallest absolute Gasteiger partial charge is 0.337 e. The minimum absolute atomic E-state index is 0.247. The highest BCUT2D eigenvalue weighted by atomic mass is 19.2. The van der Waals surface area contributed by atoms with Crippen LogP contribution in [0.4, 0.5) is 19.3 Å². The maximum absolute atomic E-state index is 13.1. The standard InChI is InChI=1S/C12H12F2N2O3/c13-8-5-7(11(17)18)10(6-9(8)14)15-12(19)16-3-1-2-4-16/h5-6H,1-4H2,(H,15,19)(H,17,18). The van der Waals surface area contributed by atoms with E-state index < -0.39 is 29.2 Å². The Bertz CT molecular complexity index is 528. The SMILES string of the molecule is O=C(O)c1cc(F)c(F)cc1NC(=O)N1CCCC1.